The summed E-state index contributed by atoms with van der Waals surface area (Å²) in [6.07, 6.45) is -3.48. The number of ether oxygens (including phenoxy) is 1. The minimum Gasteiger partial charge on any atom is -0.493 e. The van der Waals surface area contributed by atoms with Crippen LogP contribution in [0.5, 0.6) is 5.75 Å². The lowest BCUT2D eigenvalue weighted by Crippen LogP contribution is -2.53. The minimum atomic E-state index is -4.66. The molecule has 6 nitrogen and oxygen atoms in total. The number of alkyl halides is 3. The van der Waals surface area contributed by atoms with Gasteiger partial charge in [0.05, 0.1) is 17.7 Å². The summed E-state index contributed by atoms with van der Waals surface area (Å²) in [5.41, 5.74) is -2.18. The van der Waals surface area contributed by atoms with Crippen LogP contribution in [0.25, 0.3) is 0 Å². The molecule has 0 unspecified atom stereocenters. The van der Waals surface area contributed by atoms with Crippen molar-refractivity contribution in [1.82, 2.24) is 14.7 Å². The predicted octanol–water partition coefficient (Wildman–Crippen LogP) is 4.31. The highest BCUT2D eigenvalue weighted by atomic mass is 19.4. The van der Waals surface area contributed by atoms with E-state index in [1.165, 1.54) is 47.4 Å². The maximum Gasteiger partial charge on any atom is 0.417 e. The van der Waals surface area contributed by atoms with Crippen LogP contribution < -0.4 is 4.74 Å². The van der Waals surface area contributed by atoms with E-state index < -0.39 is 34.4 Å². The second-order valence-electron chi connectivity index (χ2n) is 9.98. The fourth-order valence-corrected chi connectivity index (χ4v) is 5.04. The molecule has 0 aliphatic carbocycles. The second kappa shape index (κ2) is 11.1. The Morgan fingerprint density at radius 3 is 2.30 bits per heavy atom. The SMILES string of the molecule is CN1CCN(C(=O)C[C@]2(COc3ccc(F)cc3)CCCN(C(=O)c3ccccc3C(F)(F)F)C2)CC1. The summed E-state index contributed by atoms with van der Waals surface area (Å²) in [6, 6.07) is 10.3. The van der Waals surface area contributed by atoms with Gasteiger partial charge in [-0.1, -0.05) is 12.1 Å². The monoisotopic (exact) mass is 521 g/mol. The van der Waals surface area contributed by atoms with E-state index >= 15 is 0 Å². The lowest BCUT2D eigenvalue weighted by atomic mass is 9.77. The number of likely N-dealkylation sites (N-methyl/N-ethyl adjacent to an activating group) is 1. The van der Waals surface area contributed by atoms with E-state index in [1.54, 1.807) is 4.90 Å². The maximum atomic E-state index is 13.6. The zero-order chi connectivity index (χ0) is 26.6. The van der Waals surface area contributed by atoms with Crippen LogP contribution in [0.3, 0.4) is 0 Å². The predicted molar refractivity (Wildman–Crippen MR) is 130 cm³/mol. The van der Waals surface area contributed by atoms with Gasteiger partial charge in [0.2, 0.25) is 5.91 Å². The molecular weight excluding hydrogens is 490 g/mol. The molecule has 2 saturated heterocycles. The highest BCUT2D eigenvalue weighted by Gasteiger charge is 2.43. The summed E-state index contributed by atoms with van der Waals surface area (Å²) in [6.45, 7) is 3.12. The molecule has 4 rings (SSSR count). The van der Waals surface area contributed by atoms with Crippen molar-refractivity contribution in [2.24, 2.45) is 5.41 Å². The van der Waals surface area contributed by atoms with Crippen LogP contribution in [0.2, 0.25) is 0 Å². The first-order valence-electron chi connectivity index (χ1n) is 12.4. The first-order chi connectivity index (χ1) is 17.6. The highest BCUT2D eigenvalue weighted by molar-refractivity contribution is 5.96. The normalized spacial score (nSPS) is 21.1. The van der Waals surface area contributed by atoms with Gasteiger partial charge in [0.1, 0.15) is 11.6 Å². The summed E-state index contributed by atoms with van der Waals surface area (Å²) < 4.78 is 60.1. The summed E-state index contributed by atoms with van der Waals surface area (Å²) in [5.74, 6) is -0.782. The number of benzene rings is 2. The summed E-state index contributed by atoms with van der Waals surface area (Å²) >= 11 is 0. The van der Waals surface area contributed by atoms with Crippen LogP contribution in [-0.2, 0) is 11.0 Å². The van der Waals surface area contributed by atoms with Crippen molar-refractivity contribution in [3.63, 3.8) is 0 Å². The molecule has 2 fully saturated rings. The number of hydrogen-bond acceptors (Lipinski definition) is 4. The average Bonchev–Trinajstić information content (AvgIpc) is 2.88. The molecule has 2 aromatic carbocycles. The molecule has 0 spiro atoms. The van der Waals surface area contributed by atoms with Gasteiger partial charge in [-0.25, -0.2) is 4.39 Å². The van der Waals surface area contributed by atoms with E-state index in [9.17, 15) is 27.2 Å². The molecule has 0 N–H and O–H groups in total. The van der Waals surface area contributed by atoms with E-state index in [4.69, 9.17) is 4.74 Å². The van der Waals surface area contributed by atoms with E-state index in [-0.39, 0.29) is 32.0 Å². The number of piperidine rings is 1. The van der Waals surface area contributed by atoms with Crippen molar-refractivity contribution >= 4 is 11.8 Å². The molecule has 2 heterocycles. The third kappa shape index (κ3) is 6.60. The van der Waals surface area contributed by atoms with E-state index in [1.807, 2.05) is 7.05 Å². The fourth-order valence-electron chi connectivity index (χ4n) is 5.04. The van der Waals surface area contributed by atoms with Gasteiger partial charge in [0.15, 0.2) is 0 Å². The molecule has 2 aromatic rings. The Balaban J connectivity index is 1.57. The molecule has 37 heavy (non-hydrogen) atoms. The maximum absolute atomic E-state index is 13.6. The van der Waals surface area contributed by atoms with Crippen LogP contribution in [0.1, 0.15) is 35.2 Å². The summed E-state index contributed by atoms with van der Waals surface area (Å²) in [5, 5.41) is 0. The zero-order valence-corrected chi connectivity index (χ0v) is 20.8. The van der Waals surface area contributed by atoms with Crippen LogP contribution in [0, 0.1) is 11.2 Å². The number of nitrogens with zero attached hydrogens (tertiary/aromatic N) is 3. The zero-order valence-electron chi connectivity index (χ0n) is 20.8. The van der Waals surface area contributed by atoms with Crippen molar-refractivity contribution in [3.05, 3.63) is 65.5 Å². The van der Waals surface area contributed by atoms with Gasteiger partial charge < -0.3 is 19.4 Å². The second-order valence-corrected chi connectivity index (χ2v) is 9.98. The number of hydrogen-bond donors (Lipinski definition) is 0. The van der Waals surface area contributed by atoms with E-state index in [2.05, 4.69) is 4.90 Å². The Morgan fingerprint density at radius 2 is 1.62 bits per heavy atom. The topological polar surface area (TPSA) is 53.1 Å². The lowest BCUT2D eigenvalue weighted by molar-refractivity contribution is -0.138. The number of carbonyl (C=O) groups excluding carboxylic acids is 2. The molecule has 0 saturated carbocycles. The summed E-state index contributed by atoms with van der Waals surface area (Å²) in [7, 11) is 1.99. The van der Waals surface area contributed by atoms with Crippen molar-refractivity contribution in [2.75, 3.05) is 52.9 Å². The van der Waals surface area contributed by atoms with Gasteiger partial charge in [-0.15, -0.1) is 0 Å². The third-order valence-electron chi connectivity index (χ3n) is 7.15. The standard InChI is InChI=1S/C27H31F4N3O3/c1-32-13-15-33(16-14-32)24(35)17-26(19-37-21-9-7-20(28)8-10-21)11-4-12-34(18-26)25(36)22-5-2-3-6-23(22)27(29,30)31/h2-3,5-10H,4,11-19H2,1H3/t26-/m1/s1. The molecule has 1 atom stereocenters. The number of amides is 2. The number of rotatable bonds is 6. The summed E-state index contributed by atoms with van der Waals surface area (Å²) in [4.78, 5) is 32.0. The molecule has 2 aliphatic heterocycles. The molecule has 10 heteroatoms. The average molecular weight is 522 g/mol. The van der Waals surface area contributed by atoms with E-state index in [0.29, 0.717) is 31.7 Å². The molecule has 2 amide bonds. The van der Waals surface area contributed by atoms with Gasteiger partial charge in [-0.05, 0) is 56.3 Å². The lowest BCUT2D eigenvalue weighted by Gasteiger charge is -2.43. The quantitative estimate of drug-likeness (QED) is 0.532. The molecule has 0 bridgehead atoms. The Kier molecular flexibility index (Phi) is 8.06. The van der Waals surface area contributed by atoms with Crippen LogP contribution in [-0.4, -0.2) is 79.4 Å². The van der Waals surface area contributed by atoms with Gasteiger partial charge >= 0.3 is 6.18 Å². The number of likely N-dealkylation sites (tertiary alicyclic amines) is 1. The van der Waals surface area contributed by atoms with Gasteiger partial charge in [-0.3, -0.25) is 9.59 Å². The number of piperazine rings is 1. The Labute approximate surface area is 213 Å². The van der Waals surface area contributed by atoms with Crippen molar-refractivity contribution in [2.45, 2.75) is 25.4 Å². The third-order valence-corrected chi connectivity index (χ3v) is 7.15. The van der Waals surface area contributed by atoms with Gasteiger partial charge in [-0.2, -0.15) is 13.2 Å². The van der Waals surface area contributed by atoms with Gasteiger partial charge in [0, 0.05) is 51.1 Å². The van der Waals surface area contributed by atoms with Crippen LogP contribution in [0.15, 0.2) is 48.5 Å². The van der Waals surface area contributed by atoms with E-state index in [0.717, 1.165) is 19.2 Å². The fraction of sp³-hybridized carbons (Fsp3) is 0.481. The molecule has 2 aliphatic rings. The van der Waals surface area contributed by atoms with Crippen LogP contribution in [0.4, 0.5) is 17.6 Å². The smallest absolute Gasteiger partial charge is 0.417 e. The molecule has 0 radical (unpaired) electrons. The van der Waals surface area contributed by atoms with Gasteiger partial charge in [0.25, 0.3) is 5.91 Å². The molecule has 0 aromatic heterocycles. The first kappa shape index (κ1) is 26.9. The molecular formula is C27H31F4N3O3. The number of halogens is 4. The largest absolute Gasteiger partial charge is 0.493 e. The minimum absolute atomic E-state index is 0.0687. The van der Waals surface area contributed by atoms with Crippen molar-refractivity contribution < 1.29 is 31.9 Å². The first-order valence-corrected chi connectivity index (χ1v) is 12.4. The van der Waals surface area contributed by atoms with Crippen LogP contribution >= 0.6 is 0 Å². The van der Waals surface area contributed by atoms with Crippen molar-refractivity contribution in [3.8, 4) is 5.75 Å². The Hall–Kier alpha value is -3.14. The molecule has 200 valence electrons. The number of carbonyl (C=O) groups is 2. The van der Waals surface area contributed by atoms with Crippen molar-refractivity contribution in [1.29, 1.82) is 0 Å². The Bertz CT molecular complexity index is 1100. The Morgan fingerprint density at radius 1 is 0.946 bits per heavy atom. The highest BCUT2D eigenvalue weighted by Crippen LogP contribution is 2.38.